The monoisotopic (exact) mass is 188 g/mol. The number of benzene rings is 1. The highest BCUT2D eigenvalue weighted by Gasteiger charge is 1.95. The molecule has 0 radical (unpaired) electrons. The van der Waals surface area contributed by atoms with E-state index in [1.54, 1.807) is 24.3 Å². The highest BCUT2D eigenvalue weighted by molar-refractivity contribution is 5.34. The predicted octanol–water partition coefficient (Wildman–Crippen LogP) is 1.45. The van der Waals surface area contributed by atoms with Crippen LogP contribution in [0, 0.1) is 11.3 Å². The maximum Gasteiger partial charge on any atom is 0.119 e. The third-order valence-electron chi connectivity index (χ3n) is 1.72. The minimum Gasteiger partial charge on any atom is -0.489 e. The van der Waals surface area contributed by atoms with Crippen molar-refractivity contribution in [3.8, 4) is 11.8 Å². The zero-order valence-corrected chi connectivity index (χ0v) is 7.86. The molecule has 0 saturated heterocycles. The van der Waals surface area contributed by atoms with E-state index in [-0.39, 0.29) is 0 Å². The summed E-state index contributed by atoms with van der Waals surface area (Å²) in [4.78, 5) is 0. The lowest BCUT2D eigenvalue weighted by atomic mass is 10.2. The number of nitrogens with zero attached hydrogens (tertiary/aromatic N) is 1. The summed E-state index contributed by atoms with van der Waals surface area (Å²) in [6, 6.07) is 8.96. The Labute approximate surface area is 83.4 Å². The minimum absolute atomic E-state index is 0.419. The first-order valence-electron chi connectivity index (χ1n) is 4.26. The molecule has 0 saturated carbocycles. The van der Waals surface area contributed by atoms with Crippen LogP contribution in [0.15, 0.2) is 36.4 Å². The molecule has 14 heavy (non-hydrogen) atoms. The third-order valence-corrected chi connectivity index (χ3v) is 1.72. The van der Waals surface area contributed by atoms with E-state index in [2.05, 4.69) is 6.58 Å². The second kappa shape index (κ2) is 5.05. The highest BCUT2D eigenvalue weighted by atomic mass is 16.5. The van der Waals surface area contributed by atoms with Gasteiger partial charge in [0.2, 0.25) is 0 Å². The van der Waals surface area contributed by atoms with E-state index >= 15 is 0 Å². The van der Waals surface area contributed by atoms with Crippen LogP contribution < -0.4 is 10.5 Å². The molecule has 3 nitrogen and oxygen atoms in total. The summed E-state index contributed by atoms with van der Waals surface area (Å²) in [5, 5.41) is 8.56. The normalized spacial score (nSPS) is 9.14. The van der Waals surface area contributed by atoms with E-state index in [0.29, 0.717) is 18.7 Å². The summed E-state index contributed by atoms with van der Waals surface area (Å²) in [5.41, 5.74) is 6.82. The Kier molecular flexibility index (Phi) is 3.71. The van der Waals surface area contributed by atoms with E-state index in [0.717, 1.165) is 11.3 Å². The Morgan fingerprint density at radius 3 is 2.57 bits per heavy atom. The Balaban J connectivity index is 2.53. The SMILES string of the molecule is C=C(CN)COc1ccc(C#N)cc1. The highest BCUT2D eigenvalue weighted by Crippen LogP contribution is 2.11. The lowest BCUT2D eigenvalue weighted by molar-refractivity contribution is 0.351. The number of hydrogen-bond donors (Lipinski definition) is 1. The summed E-state index contributed by atoms with van der Waals surface area (Å²) >= 11 is 0. The standard InChI is InChI=1S/C11H12N2O/c1-9(6-12)8-14-11-4-2-10(7-13)3-5-11/h2-5H,1,6,8,12H2. The first-order chi connectivity index (χ1) is 6.76. The maximum absolute atomic E-state index is 8.56. The molecule has 1 aromatic carbocycles. The van der Waals surface area contributed by atoms with Gasteiger partial charge in [0.25, 0.3) is 0 Å². The summed E-state index contributed by atoms with van der Waals surface area (Å²) in [6.45, 7) is 4.57. The van der Waals surface area contributed by atoms with E-state index in [1.807, 2.05) is 6.07 Å². The van der Waals surface area contributed by atoms with Gasteiger partial charge >= 0.3 is 0 Å². The third kappa shape index (κ3) is 2.92. The number of nitriles is 1. The van der Waals surface area contributed by atoms with Gasteiger partial charge in [-0.15, -0.1) is 0 Å². The van der Waals surface area contributed by atoms with Crippen LogP contribution in [-0.4, -0.2) is 13.2 Å². The van der Waals surface area contributed by atoms with Gasteiger partial charge in [-0.25, -0.2) is 0 Å². The first kappa shape index (κ1) is 10.3. The number of nitrogens with two attached hydrogens (primary N) is 1. The van der Waals surface area contributed by atoms with Crippen LogP contribution in [0.1, 0.15) is 5.56 Å². The molecule has 0 heterocycles. The van der Waals surface area contributed by atoms with Crippen LogP contribution in [0.4, 0.5) is 0 Å². The number of hydrogen-bond acceptors (Lipinski definition) is 3. The Morgan fingerprint density at radius 2 is 2.07 bits per heavy atom. The summed E-state index contributed by atoms with van der Waals surface area (Å²) in [6.07, 6.45) is 0. The summed E-state index contributed by atoms with van der Waals surface area (Å²) in [7, 11) is 0. The fraction of sp³-hybridized carbons (Fsp3) is 0.182. The van der Waals surface area contributed by atoms with Crippen LogP contribution in [0.5, 0.6) is 5.75 Å². The molecule has 0 aliphatic carbocycles. The number of rotatable bonds is 4. The Bertz CT molecular complexity index is 349. The first-order valence-corrected chi connectivity index (χ1v) is 4.26. The van der Waals surface area contributed by atoms with Crippen molar-refractivity contribution in [3.05, 3.63) is 42.0 Å². The van der Waals surface area contributed by atoms with Gasteiger partial charge < -0.3 is 10.5 Å². The molecule has 0 amide bonds. The molecular formula is C11H12N2O. The van der Waals surface area contributed by atoms with Crippen LogP contribution in [-0.2, 0) is 0 Å². The van der Waals surface area contributed by atoms with Crippen molar-refractivity contribution >= 4 is 0 Å². The van der Waals surface area contributed by atoms with Crippen LogP contribution >= 0.6 is 0 Å². The van der Waals surface area contributed by atoms with E-state index in [4.69, 9.17) is 15.7 Å². The van der Waals surface area contributed by atoms with Gasteiger partial charge in [0.05, 0.1) is 11.6 Å². The molecule has 72 valence electrons. The van der Waals surface area contributed by atoms with Crippen molar-refractivity contribution in [3.63, 3.8) is 0 Å². The molecule has 1 aromatic rings. The lowest BCUT2D eigenvalue weighted by Gasteiger charge is -2.06. The zero-order chi connectivity index (χ0) is 10.4. The molecule has 1 rings (SSSR count). The molecule has 0 aliphatic rings. The van der Waals surface area contributed by atoms with Crippen molar-refractivity contribution < 1.29 is 4.74 Å². The summed E-state index contributed by atoms with van der Waals surface area (Å²) < 4.78 is 5.37. The van der Waals surface area contributed by atoms with Gasteiger partial charge in [0, 0.05) is 6.54 Å². The molecule has 0 fully saturated rings. The van der Waals surface area contributed by atoms with Crippen molar-refractivity contribution in [1.82, 2.24) is 0 Å². The quantitative estimate of drug-likeness (QED) is 0.727. The minimum atomic E-state index is 0.419. The molecule has 0 bridgehead atoms. The average molecular weight is 188 g/mol. The largest absolute Gasteiger partial charge is 0.489 e. The van der Waals surface area contributed by atoms with Crippen molar-refractivity contribution in [2.24, 2.45) is 5.73 Å². The van der Waals surface area contributed by atoms with Gasteiger partial charge in [-0.2, -0.15) is 5.26 Å². The van der Waals surface area contributed by atoms with Crippen LogP contribution in [0.2, 0.25) is 0 Å². The molecule has 2 N–H and O–H groups in total. The van der Waals surface area contributed by atoms with Gasteiger partial charge in [-0.1, -0.05) is 6.58 Å². The second-order valence-corrected chi connectivity index (χ2v) is 2.88. The van der Waals surface area contributed by atoms with Gasteiger partial charge in [0.1, 0.15) is 12.4 Å². The van der Waals surface area contributed by atoms with E-state index in [1.165, 1.54) is 0 Å². The Hall–Kier alpha value is -1.79. The van der Waals surface area contributed by atoms with Crippen LogP contribution in [0.25, 0.3) is 0 Å². The van der Waals surface area contributed by atoms with E-state index in [9.17, 15) is 0 Å². The topological polar surface area (TPSA) is 59.0 Å². The van der Waals surface area contributed by atoms with E-state index < -0.39 is 0 Å². The Morgan fingerprint density at radius 1 is 1.43 bits per heavy atom. The predicted molar refractivity (Wildman–Crippen MR) is 54.8 cm³/mol. The van der Waals surface area contributed by atoms with Crippen molar-refractivity contribution in [2.45, 2.75) is 0 Å². The second-order valence-electron chi connectivity index (χ2n) is 2.88. The lowest BCUT2D eigenvalue weighted by Crippen LogP contribution is -2.09. The average Bonchev–Trinajstić information content (AvgIpc) is 2.26. The van der Waals surface area contributed by atoms with Gasteiger partial charge in [0.15, 0.2) is 0 Å². The molecule has 0 unspecified atom stereocenters. The molecular weight excluding hydrogens is 176 g/mol. The molecule has 0 atom stereocenters. The van der Waals surface area contributed by atoms with Gasteiger partial charge in [-0.3, -0.25) is 0 Å². The van der Waals surface area contributed by atoms with Crippen molar-refractivity contribution in [2.75, 3.05) is 13.2 Å². The van der Waals surface area contributed by atoms with Gasteiger partial charge in [-0.05, 0) is 29.8 Å². The maximum atomic E-state index is 8.56. The fourth-order valence-corrected chi connectivity index (χ4v) is 0.870. The van der Waals surface area contributed by atoms with Crippen LogP contribution in [0.3, 0.4) is 0 Å². The molecule has 0 aliphatic heterocycles. The fourth-order valence-electron chi connectivity index (χ4n) is 0.870. The van der Waals surface area contributed by atoms with Crippen molar-refractivity contribution in [1.29, 1.82) is 5.26 Å². The smallest absolute Gasteiger partial charge is 0.119 e. The summed E-state index contributed by atoms with van der Waals surface area (Å²) in [5.74, 6) is 0.721. The molecule has 0 aromatic heterocycles. The number of ether oxygens (including phenoxy) is 1. The molecule has 0 spiro atoms. The zero-order valence-electron chi connectivity index (χ0n) is 7.86. The molecule has 3 heteroatoms.